The van der Waals surface area contributed by atoms with Gasteiger partial charge in [0.05, 0.1) is 12.8 Å². The smallest absolute Gasteiger partial charge is 0.408 e. The number of hydrogen-bond acceptors (Lipinski definition) is 4. The lowest BCUT2D eigenvalue weighted by molar-refractivity contribution is 0.0470. The minimum absolute atomic E-state index is 0.383. The average molecular weight is 401 g/mol. The number of methoxy groups -OCH3 is 1. The molecule has 0 aliphatic rings. The van der Waals surface area contributed by atoms with Gasteiger partial charge in [-0.1, -0.05) is 15.9 Å². The van der Waals surface area contributed by atoms with Crippen molar-refractivity contribution in [3.05, 3.63) is 22.2 Å². The average Bonchev–Trinajstić information content (AvgIpc) is 2.37. The fraction of sp³-hybridized carbons (Fsp3) is 0.611. The van der Waals surface area contributed by atoms with Gasteiger partial charge in [-0.3, -0.25) is 0 Å². The van der Waals surface area contributed by atoms with Crippen molar-refractivity contribution in [1.29, 1.82) is 0 Å². The summed E-state index contributed by atoms with van der Waals surface area (Å²) in [5, 5.41) is 6.31. The Bertz CT molecular complexity index is 580. The van der Waals surface area contributed by atoms with Crippen molar-refractivity contribution < 1.29 is 14.3 Å². The van der Waals surface area contributed by atoms with Crippen LogP contribution in [0.1, 0.15) is 46.6 Å². The van der Waals surface area contributed by atoms with E-state index in [4.69, 9.17) is 9.47 Å². The molecule has 1 rings (SSSR count). The zero-order valence-corrected chi connectivity index (χ0v) is 17.3. The Morgan fingerprint density at radius 1 is 1.21 bits per heavy atom. The fourth-order valence-corrected chi connectivity index (χ4v) is 2.79. The highest BCUT2D eigenvalue weighted by molar-refractivity contribution is 9.10. The van der Waals surface area contributed by atoms with Crippen LogP contribution >= 0.6 is 15.9 Å². The van der Waals surface area contributed by atoms with Gasteiger partial charge in [-0.2, -0.15) is 0 Å². The molecule has 0 heterocycles. The van der Waals surface area contributed by atoms with Gasteiger partial charge < -0.3 is 20.1 Å². The Morgan fingerprint density at radius 3 is 2.38 bits per heavy atom. The van der Waals surface area contributed by atoms with E-state index in [1.807, 2.05) is 53.7 Å². The topological polar surface area (TPSA) is 59.6 Å². The van der Waals surface area contributed by atoms with Gasteiger partial charge in [-0.15, -0.1) is 0 Å². The number of benzene rings is 1. The number of anilines is 1. The number of alkyl carbamates (subject to hydrolysis) is 1. The number of carbonyl (C=O) groups excluding carboxylic acids is 1. The molecule has 0 spiro atoms. The third-order valence-corrected chi connectivity index (χ3v) is 3.83. The van der Waals surface area contributed by atoms with E-state index in [0.717, 1.165) is 27.9 Å². The van der Waals surface area contributed by atoms with Crippen LogP contribution in [-0.2, 0) is 4.74 Å². The summed E-state index contributed by atoms with van der Waals surface area (Å²) in [4.78, 5) is 11.9. The summed E-state index contributed by atoms with van der Waals surface area (Å²) in [6.07, 6.45) is 0.343. The third-order valence-electron chi connectivity index (χ3n) is 3.38. The lowest BCUT2D eigenvalue weighted by Crippen LogP contribution is -2.46. The molecule has 5 nitrogen and oxygen atoms in total. The van der Waals surface area contributed by atoms with E-state index < -0.39 is 11.7 Å². The summed E-state index contributed by atoms with van der Waals surface area (Å²) in [5.41, 5.74) is 1.18. The highest BCUT2D eigenvalue weighted by Crippen LogP contribution is 2.32. The first-order chi connectivity index (χ1) is 10.9. The molecule has 1 aromatic rings. The second kappa shape index (κ2) is 8.10. The van der Waals surface area contributed by atoms with Crippen LogP contribution in [0.15, 0.2) is 16.6 Å². The van der Waals surface area contributed by atoms with Gasteiger partial charge in [0.15, 0.2) is 0 Å². The Labute approximate surface area is 153 Å². The van der Waals surface area contributed by atoms with Crippen molar-refractivity contribution in [3.63, 3.8) is 0 Å². The van der Waals surface area contributed by atoms with Crippen LogP contribution in [0.25, 0.3) is 0 Å². The van der Waals surface area contributed by atoms with Crippen molar-refractivity contribution in [1.82, 2.24) is 5.32 Å². The number of carbonyl (C=O) groups is 1. The molecule has 2 N–H and O–H groups in total. The number of rotatable bonds is 6. The van der Waals surface area contributed by atoms with Crippen LogP contribution in [0, 0.1) is 6.92 Å². The van der Waals surface area contributed by atoms with Gasteiger partial charge in [-0.05, 0) is 65.7 Å². The standard InChI is InChI=1S/C18H29BrN2O3/c1-12-10-13(19)11-14(23-7)15(12)20-9-8-18(5,6)21-16(22)24-17(2,3)4/h10-11,20H,8-9H2,1-7H3,(H,21,22). The molecular formula is C18H29BrN2O3. The molecule has 0 radical (unpaired) electrons. The van der Waals surface area contributed by atoms with Gasteiger partial charge in [0.2, 0.25) is 0 Å². The monoisotopic (exact) mass is 400 g/mol. The summed E-state index contributed by atoms with van der Waals surface area (Å²) in [5.74, 6) is 0.791. The number of amides is 1. The van der Waals surface area contributed by atoms with E-state index in [9.17, 15) is 4.79 Å². The van der Waals surface area contributed by atoms with Gasteiger partial charge in [0.25, 0.3) is 0 Å². The lowest BCUT2D eigenvalue weighted by atomic mass is 10.0. The van der Waals surface area contributed by atoms with Gasteiger partial charge >= 0.3 is 6.09 Å². The highest BCUT2D eigenvalue weighted by Gasteiger charge is 2.24. The summed E-state index contributed by atoms with van der Waals surface area (Å²) < 4.78 is 11.7. The summed E-state index contributed by atoms with van der Waals surface area (Å²) >= 11 is 3.47. The molecule has 1 amide bonds. The van der Waals surface area contributed by atoms with Gasteiger partial charge in [0, 0.05) is 16.6 Å². The largest absolute Gasteiger partial charge is 0.495 e. The molecule has 0 aliphatic heterocycles. The highest BCUT2D eigenvalue weighted by atomic mass is 79.9. The molecule has 6 heteroatoms. The maximum atomic E-state index is 11.9. The van der Waals surface area contributed by atoms with Gasteiger partial charge in [-0.25, -0.2) is 4.79 Å². The Hall–Kier alpha value is -1.43. The van der Waals surface area contributed by atoms with E-state index in [2.05, 4.69) is 26.6 Å². The molecule has 24 heavy (non-hydrogen) atoms. The van der Waals surface area contributed by atoms with Gasteiger partial charge in [0.1, 0.15) is 11.4 Å². The molecule has 0 saturated heterocycles. The second-order valence-electron chi connectivity index (χ2n) is 7.49. The molecule has 136 valence electrons. The van der Waals surface area contributed by atoms with E-state index >= 15 is 0 Å². The Kier molecular flexibility index (Phi) is 6.96. The van der Waals surface area contributed by atoms with E-state index in [-0.39, 0.29) is 5.54 Å². The summed E-state index contributed by atoms with van der Waals surface area (Å²) in [6.45, 7) is 12.2. The number of ether oxygens (including phenoxy) is 2. The maximum Gasteiger partial charge on any atom is 0.408 e. The Balaban J connectivity index is 2.62. The molecule has 0 aliphatic carbocycles. The van der Waals surface area contributed by atoms with Crippen molar-refractivity contribution >= 4 is 27.7 Å². The molecule has 0 bridgehead atoms. The van der Waals surface area contributed by atoms with Crippen LogP contribution in [0.3, 0.4) is 0 Å². The first-order valence-corrected chi connectivity index (χ1v) is 8.82. The molecule has 0 atom stereocenters. The van der Waals surface area contributed by atoms with E-state index in [0.29, 0.717) is 6.54 Å². The first-order valence-electron chi connectivity index (χ1n) is 8.03. The number of hydrogen-bond donors (Lipinski definition) is 2. The zero-order chi connectivity index (χ0) is 18.5. The number of aryl methyl sites for hydroxylation is 1. The molecule has 0 unspecified atom stereocenters. The number of nitrogens with one attached hydrogen (secondary N) is 2. The molecule has 0 saturated carbocycles. The van der Waals surface area contributed by atoms with E-state index in [1.54, 1.807) is 7.11 Å². The van der Waals surface area contributed by atoms with Crippen LogP contribution in [0.2, 0.25) is 0 Å². The molecule has 0 aromatic heterocycles. The maximum absolute atomic E-state index is 11.9. The SMILES string of the molecule is COc1cc(Br)cc(C)c1NCCC(C)(C)NC(=O)OC(C)(C)C. The second-order valence-corrected chi connectivity index (χ2v) is 8.40. The van der Waals surface area contributed by atoms with E-state index in [1.165, 1.54) is 0 Å². The van der Waals surface area contributed by atoms with Crippen molar-refractivity contribution in [2.45, 2.75) is 59.1 Å². The Morgan fingerprint density at radius 2 is 1.83 bits per heavy atom. The predicted octanol–water partition coefficient (Wildman–Crippen LogP) is 4.87. The van der Waals surface area contributed by atoms with Crippen LogP contribution < -0.4 is 15.4 Å². The normalized spacial score (nSPS) is 11.8. The predicted molar refractivity (Wildman–Crippen MR) is 102 cm³/mol. The molecule has 1 aromatic carbocycles. The van der Waals surface area contributed by atoms with Crippen LogP contribution in [0.4, 0.5) is 10.5 Å². The quantitative estimate of drug-likeness (QED) is 0.714. The third kappa shape index (κ3) is 6.99. The minimum Gasteiger partial charge on any atom is -0.495 e. The lowest BCUT2D eigenvalue weighted by Gasteiger charge is -2.29. The molecular weight excluding hydrogens is 372 g/mol. The van der Waals surface area contributed by atoms with Crippen molar-refractivity contribution in [3.8, 4) is 5.75 Å². The first kappa shape index (κ1) is 20.6. The molecule has 0 fully saturated rings. The minimum atomic E-state index is -0.500. The fourth-order valence-electron chi connectivity index (χ4n) is 2.24. The summed E-state index contributed by atoms with van der Waals surface area (Å²) in [6, 6.07) is 3.97. The van der Waals surface area contributed by atoms with Crippen molar-refractivity contribution in [2.75, 3.05) is 19.0 Å². The zero-order valence-electron chi connectivity index (χ0n) is 15.7. The van der Waals surface area contributed by atoms with Crippen molar-refractivity contribution in [2.24, 2.45) is 0 Å². The number of halogens is 1. The van der Waals surface area contributed by atoms with Crippen LogP contribution in [0.5, 0.6) is 5.75 Å². The van der Waals surface area contributed by atoms with Crippen LogP contribution in [-0.4, -0.2) is 30.9 Å². The summed E-state index contributed by atoms with van der Waals surface area (Å²) in [7, 11) is 1.65.